The average Bonchev–Trinajstić information content (AvgIpc) is 2.72. The van der Waals surface area contributed by atoms with Crippen molar-refractivity contribution in [3.8, 4) is 22.9 Å². The van der Waals surface area contributed by atoms with E-state index in [1.54, 1.807) is 50.4 Å². The van der Waals surface area contributed by atoms with Crippen molar-refractivity contribution in [1.29, 1.82) is 0 Å². The Balaban J connectivity index is 1.73. The predicted octanol–water partition coefficient (Wildman–Crippen LogP) is 3.80. The van der Waals surface area contributed by atoms with E-state index in [2.05, 4.69) is 15.3 Å². The number of benzene rings is 2. The quantitative estimate of drug-likeness (QED) is 0.583. The lowest BCUT2D eigenvalue weighted by Crippen LogP contribution is -2.10. The fourth-order valence-corrected chi connectivity index (χ4v) is 2.88. The topological polar surface area (TPSA) is 93.3 Å². The number of anilines is 1. The van der Waals surface area contributed by atoms with E-state index in [9.17, 15) is 9.59 Å². The third-order valence-corrected chi connectivity index (χ3v) is 4.19. The lowest BCUT2D eigenvalue weighted by atomic mass is 10.1. The number of ether oxygens (including phenoxy) is 2. The first-order valence-electron chi connectivity index (χ1n) is 9.47. The summed E-state index contributed by atoms with van der Waals surface area (Å²) < 4.78 is 10.8. The first-order valence-corrected chi connectivity index (χ1v) is 9.47. The Morgan fingerprint density at radius 1 is 1.17 bits per heavy atom. The second kappa shape index (κ2) is 9.56. The van der Waals surface area contributed by atoms with Gasteiger partial charge in [0.25, 0.3) is 5.56 Å². The fourth-order valence-electron chi connectivity index (χ4n) is 2.88. The number of rotatable bonds is 7. The summed E-state index contributed by atoms with van der Waals surface area (Å²) in [6.45, 7) is 4.20. The molecule has 3 rings (SSSR count). The SMILES string of the molecule is CCOc1ccc(/C=C/C(=O)Nc2cccc(-c3nc(C)cc(=O)[nH]3)c2)cc1OC. The Hall–Kier alpha value is -3.87. The Morgan fingerprint density at radius 3 is 2.73 bits per heavy atom. The molecule has 0 spiro atoms. The molecule has 1 heterocycles. The molecule has 3 aromatic rings. The van der Waals surface area contributed by atoms with E-state index in [0.717, 1.165) is 5.56 Å². The third-order valence-electron chi connectivity index (χ3n) is 4.19. The Bertz CT molecular complexity index is 1140. The fraction of sp³-hybridized carbons (Fsp3) is 0.174. The summed E-state index contributed by atoms with van der Waals surface area (Å²) in [4.78, 5) is 31.1. The number of aromatic nitrogens is 2. The predicted molar refractivity (Wildman–Crippen MR) is 117 cm³/mol. The van der Waals surface area contributed by atoms with Crippen molar-refractivity contribution in [1.82, 2.24) is 9.97 Å². The summed E-state index contributed by atoms with van der Waals surface area (Å²) >= 11 is 0. The van der Waals surface area contributed by atoms with Crippen LogP contribution in [0.3, 0.4) is 0 Å². The Kier molecular flexibility index (Phi) is 6.64. The number of aryl methyl sites for hydroxylation is 1. The zero-order valence-corrected chi connectivity index (χ0v) is 17.1. The molecule has 0 bridgehead atoms. The van der Waals surface area contributed by atoms with Gasteiger partial charge in [0.15, 0.2) is 11.5 Å². The number of nitrogens with one attached hydrogen (secondary N) is 2. The number of nitrogens with zero attached hydrogens (tertiary/aromatic N) is 1. The molecule has 0 fully saturated rings. The minimum atomic E-state index is -0.286. The van der Waals surface area contributed by atoms with Gasteiger partial charge >= 0.3 is 0 Å². The minimum absolute atomic E-state index is 0.222. The molecule has 1 amide bonds. The highest BCUT2D eigenvalue weighted by molar-refractivity contribution is 6.02. The average molecular weight is 405 g/mol. The summed E-state index contributed by atoms with van der Waals surface area (Å²) in [7, 11) is 1.57. The number of methoxy groups -OCH3 is 1. The van der Waals surface area contributed by atoms with Gasteiger partial charge in [0.1, 0.15) is 5.82 Å². The zero-order valence-electron chi connectivity index (χ0n) is 17.1. The first kappa shape index (κ1) is 20.9. The summed E-state index contributed by atoms with van der Waals surface area (Å²) in [6.07, 6.45) is 3.13. The lowest BCUT2D eigenvalue weighted by molar-refractivity contribution is -0.111. The van der Waals surface area contributed by atoms with Crippen molar-refractivity contribution in [3.63, 3.8) is 0 Å². The summed E-state index contributed by atoms with van der Waals surface area (Å²) in [6, 6.07) is 14.0. The van der Waals surface area contributed by atoms with Gasteiger partial charge in [0.2, 0.25) is 5.91 Å². The van der Waals surface area contributed by atoms with Gasteiger partial charge in [-0.3, -0.25) is 9.59 Å². The van der Waals surface area contributed by atoms with E-state index >= 15 is 0 Å². The van der Waals surface area contributed by atoms with Crippen LogP contribution in [0.15, 0.2) is 59.4 Å². The van der Waals surface area contributed by atoms with E-state index in [-0.39, 0.29) is 11.5 Å². The van der Waals surface area contributed by atoms with E-state index in [1.165, 1.54) is 12.1 Å². The molecule has 2 N–H and O–H groups in total. The van der Waals surface area contributed by atoms with Gasteiger partial charge in [0, 0.05) is 29.1 Å². The molecule has 30 heavy (non-hydrogen) atoms. The molecule has 0 aliphatic carbocycles. The van der Waals surface area contributed by atoms with E-state index in [1.807, 2.05) is 19.1 Å². The second-order valence-corrected chi connectivity index (χ2v) is 6.48. The van der Waals surface area contributed by atoms with Crippen molar-refractivity contribution >= 4 is 17.7 Å². The molecule has 154 valence electrons. The molecule has 2 aromatic carbocycles. The minimum Gasteiger partial charge on any atom is -0.493 e. The van der Waals surface area contributed by atoms with Crippen LogP contribution >= 0.6 is 0 Å². The van der Waals surface area contributed by atoms with E-state index in [0.29, 0.717) is 40.9 Å². The molecule has 0 saturated heterocycles. The maximum absolute atomic E-state index is 12.3. The van der Waals surface area contributed by atoms with Crippen LogP contribution in [0.2, 0.25) is 0 Å². The summed E-state index contributed by atoms with van der Waals surface area (Å²) in [5.41, 5.74) is 2.50. The Labute approximate surface area is 174 Å². The highest BCUT2D eigenvalue weighted by atomic mass is 16.5. The number of carbonyl (C=O) groups excluding carboxylic acids is 1. The van der Waals surface area contributed by atoms with Gasteiger partial charge in [-0.1, -0.05) is 18.2 Å². The summed E-state index contributed by atoms with van der Waals surface area (Å²) in [5.74, 6) is 1.42. The van der Waals surface area contributed by atoms with Crippen LogP contribution < -0.4 is 20.3 Å². The lowest BCUT2D eigenvalue weighted by Gasteiger charge is -2.09. The van der Waals surface area contributed by atoms with Gasteiger partial charge in [0.05, 0.1) is 13.7 Å². The van der Waals surface area contributed by atoms with Crippen molar-refractivity contribution in [2.75, 3.05) is 19.0 Å². The standard InChI is InChI=1S/C23H23N3O4/c1-4-30-19-10-8-16(13-20(19)29-3)9-11-21(27)25-18-7-5-6-17(14-18)23-24-15(2)12-22(28)26-23/h5-14H,4H2,1-3H3,(H,25,27)(H,24,26,28)/b11-9+. The number of amides is 1. The van der Waals surface area contributed by atoms with Crippen molar-refractivity contribution < 1.29 is 14.3 Å². The van der Waals surface area contributed by atoms with Crippen LogP contribution in [-0.4, -0.2) is 29.6 Å². The number of hydrogen-bond acceptors (Lipinski definition) is 5. The molecule has 7 heteroatoms. The van der Waals surface area contributed by atoms with Gasteiger partial charge in [-0.25, -0.2) is 4.98 Å². The van der Waals surface area contributed by atoms with Crippen LogP contribution in [0.4, 0.5) is 5.69 Å². The molecule has 0 aliphatic rings. The van der Waals surface area contributed by atoms with Gasteiger partial charge in [-0.15, -0.1) is 0 Å². The second-order valence-electron chi connectivity index (χ2n) is 6.48. The molecule has 0 atom stereocenters. The van der Waals surface area contributed by atoms with Gasteiger partial charge in [-0.05, 0) is 49.8 Å². The number of aromatic amines is 1. The van der Waals surface area contributed by atoms with Crippen LogP contribution in [0, 0.1) is 6.92 Å². The van der Waals surface area contributed by atoms with E-state index < -0.39 is 0 Å². The number of H-pyrrole nitrogens is 1. The highest BCUT2D eigenvalue weighted by Crippen LogP contribution is 2.28. The molecule has 7 nitrogen and oxygen atoms in total. The van der Waals surface area contributed by atoms with Gasteiger partial charge < -0.3 is 19.8 Å². The molecular formula is C23H23N3O4. The maximum atomic E-state index is 12.3. The van der Waals surface area contributed by atoms with Crippen LogP contribution in [-0.2, 0) is 4.79 Å². The monoisotopic (exact) mass is 405 g/mol. The molecule has 1 aromatic heterocycles. The molecular weight excluding hydrogens is 382 g/mol. The van der Waals surface area contributed by atoms with Crippen molar-refractivity contribution in [2.45, 2.75) is 13.8 Å². The first-order chi connectivity index (χ1) is 14.5. The van der Waals surface area contributed by atoms with Gasteiger partial charge in [-0.2, -0.15) is 0 Å². The summed E-state index contributed by atoms with van der Waals surface area (Å²) in [5, 5.41) is 2.81. The molecule has 0 radical (unpaired) electrons. The molecule has 0 unspecified atom stereocenters. The normalized spacial score (nSPS) is 10.8. The number of hydrogen-bond donors (Lipinski definition) is 2. The molecule has 0 aliphatic heterocycles. The number of carbonyl (C=O) groups is 1. The maximum Gasteiger partial charge on any atom is 0.251 e. The highest BCUT2D eigenvalue weighted by Gasteiger charge is 2.06. The van der Waals surface area contributed by atoms with Crippen molar-refractivity contribution in [3.05, 3.63) is 76.2 Å². The van der Waals surface area contributed by atoms with E-state index in [4.69, 9.17) is 9.47 Å². The molecule has 0 saturated carbocycles. The van der Waals surface area contributed by atoms with Crippen LogP contribution in [0.25, 0.3) is 17.5 Å². The van der Waals surface area contributed by atoms with Crippen LogP contribution in [0.1, 0.15) is 18.2 Å². The smallest absolute Gasteiger partial charge is 0.251 e. The zero-order chi connectivity index (χ0) is 21.5. The van der Waals surface area contributed by atoms with Crippen molar-refractivity contribution in [2.24, 2.45) is 0 Å². The third kappa shape index (κ3) is 5.35. The Morgan fingerprint density at radius 2 is 2.00 bits per heavy atom. The largest absolute Gasteiger partial charge is 0.493 e. The van der Waals surface area contributed by atoms with Crippen LogP contribution in [0.5, 0.6) is 11.5 Å².